The molecule has 0 amide bonds. The van der Waals surface area contributed by atoms with Gasteiger partial charge in [-0.05, 0) is 35.8 Å². The molecule has 0 spiro atoms. The third kappa shape index (κ3) is 3.25. The third-order valence-electron chi connectivity index (χ3n) is 3.68. The Morgan fingerprint density at radius 1 is 1.39 bits per heavy atom. The van der Waals surface area contributed by atoms with Gasteiger partial charge in [-0.2, -0.15) is 0 Å². The van der Waals surface area contributed by atoms with E-state index in [9.17, 15) is 0 Å². The maximum atomic E-state index is 4.65. The summed E-state index contributed by atoms with van der Waals surface area (Å²) < 4.78 is 0. The number of pyridine rings is 1. The van der Waals surface area contributed by atoms with Gasteiger partial charge in [-0.15, -0.1) is 0 Å². The molecule has 1 aliphatic rings. The molecule has 1 saturated heterocycles. The van der Waals surface area contributed by atoms with Crippen LogP contribution in [0.5, 0.6) is 0 Å². The fraction of sp³-hybridized carbons (Fsp3) is 0.667. The maximum absolute atomic E-state index is 4.65. The Bertz CT molecular complexity index is 380. The molecule has 18 heavy (non-hydrogen) atoms. The first-order valence-corrected chi connectivity index (χ1v) is 7.90. The zero-order valence-corrected chi connectivity index (χ0v) is 13.2. The molecule has 3 heteroatoms. The van der Waals surface area contributed by atoms with Crippen LogP contribution in [-0.2, 0) is 5.41 Å². The molecule has 1 aromatic heterocycles. The molecule has 2 rings (SSSR count). The Labute approximate surface area is 119 Å². The van der Waals surface area contributed by atoms with Gasteiger partial charge in [-0.25, -0.2) is 4.98 Å². The van der Waals surface area contributed by atoms with Crippen molar-refractivity contribution in [1.29, 1.82) is 0 Å². The Morgan fingerprint density at radius 3 is 2.72 bits per heavy atom. The SMILES string of the molecule is CC(C)(C)c1ccc(N2CCCC(CBr)C2)nc1. The second kappa shape index (κ2) is 5.60. The van der Waals surface area contributed by atoms with E-state index in [-0.39, 0.29) is 5.41 Å². The minimum Gasteiger partial charge on any atom is -0.356 e. The van der Waals surface area contributed by atoms with Gasteiger partial charge in [-0.1, -0.05) is 42.8 Å². The quantitative estimate of drug-likeness (QED) is 0.768. The highest BCUT2D eigenvalue weighted by Gasteiger charge is 2.20. The monoisotopic (exact) mass is 310 g/mol. The molecular weight excluding hydrogens is 288 g/mol. The lowest BCUT2D eigenvalue weighted by Crippen LogP contribution is -2.36. The molecule has 1 unspecified atom stereocenters. The fourth-order valence-corrected chi connectivity index (χ4v) is 2.94. The first-order valence-electron chi connectivity index (χ1n) is 6.78. The van der Waals surface area contributed by atoms with Crippen LogP contribution in [0, 0.1) is 5.92 Å². The number of aromatic nitrogens is 1. The second-order valence-electron chi connectivity index (χ2n) is 6.26. The first-order chi connectivity index (χ1) is 8.50. The molecule has 0 aliphatic carbocycles. The van der Waals surface area contributed by atoms with Gasteiger partial charge >= 0.3 is 0 Å². The van der Waals surface area contributed by atoms with Crippen LogP contribution in [0.25, 0.3) is 0 Å². The summed E-state index contributed by atoms with van der Waals surface area (Å²) in [6, 6.07) is 4.40. The fourth-order valence-electron chi connectivity index (χ4n) is 2.42. The van der Waals surface area contributed by atoms with Crippen LogP contribution in [0.3, 0.4) is 0 Å². The van der Waals surface area contributed by atoms with Crippen molar-refractivity contribution in [2.24, 2.45) is 5.92 Å². The summed E-state index contributed by atoms with van der Waals surface area (Å²) in [6.07, 6.45) is 4.65. The molecule has 1 atom stereocenters. The average molecular weight is 311 g/mol. The molecule has 0 aromatic carbocycles. The predicted octanol–water partition coefficient (Wildman–Crippen LogP) is 3.99. The Balaban J connectivity index is 2.09. The summed E-state index contributed by atoms with van der Waals surface area (Å²) in [7, 11) is 0. The zero-order chi connectivity index (χ0) is 13.2. The first kappa shape index (κ1) is 13.9. The zero-order valence-electron chi connectivity index (χ0n) is 11.6. The molecule has 1 aromatic rings. The van der Waals surface area contributed by atoms with E-state index in [2.05, 4.69) is 58.7 Å². The number of nitrogens with zero attached hydrogens (tertiary/aromatic N) is 2. The van der Waals surface area contributed by atoms with Crippen LogP contribution in [0.4, 0.5) is 5.82 Å². The van der Waals surface area contributed by atoms with Crippen molar-refractivity contribution >= 4 is 21.7 Å². The molecule has 0 saturated carbocycles. The lowest BCUT2D eigenvalue weighted by Gasteiger charge is -2.33. The van der Waals surface area contributed by atoms with Crippen molar-refractivity contribution in [1.82, 2.24) is 4.98 Å². The van der Waals surface area contributed by atoms with Gasteiger partial charge in [0.2, 0.25) is 0 Å². The summed E-state index contributed by atoms with van der Waals surface area (Å²) in [5, 5.41) is 1.10. The van der Waals surface area contributed by atoms with Crippen molar-refractivity contribution in [2.45, 2.75) is 39.0 Å². The van der Waals surface area contributed by atoms with Crippen molar-refractivity contribution < 1.29 is 0 Å². The van der Waals surface area contributed by atoms with Gasteiger partial charge in [0.25, 0.3) is 0 Å². The molecule has 1 fully saturated rings. The Morgan fingerprint density at radius 2 is 2.17 bits per heavy atom. The normalized spacial score (nSPS) is 21.1. The molecule has 2 nitrogen and oxygen atoms in total. The number of hydrogen-bond donors (Lipinski definition) is 0. The lowest BCUT2D eigenvalue weighted by atomic mass is 9.88. The van der Waals surface area contributed by atoms with E-state index in [1.165, 1.54) is 18.4 Å². The van der Waals surface area contributed by atoms with E-state index in [0.29, 0.717) is 0 Å². The largest absolute Gasteiger partial charge is 0.356 e. The Hall–Kier alpha value is -0.570. The second-order valence-corrected chi connectivity index (χ2v) is 6.91. The van der Waals surface area contributed by atoms with E-state index in [1.54, 1.807) is 0 Å². The smallest absolute Gasteiger partial charge is 0.128 e. The van der Waals surface area contributed by atoms with Gasteiger partial charge in [0.05, 0.1) is 0 Å². The molecule has 1 aliphatic heterocycles. The summed E-state index contributed by atoms with van der Waals surface area (Å²) in [5.41, 5.74) is 1.49. The van der Waals surface area contributed by atoms with Crippen LogP contribution in [-0.4, -0.2) is 23.4 Å². The van der Waals surface area contributed by atoms with Crippen molar-refractivity contribution in [3.63, 3.8) is 0 Å². The Kier molecular flexibility index (Phi) is 4.31. The van der Waals surface area contributed by atoms with Crippen molar-refractivity contribution in [3.8, 4) is 0 Å². The van der Waals surface area contributed by atoms with Crippen LogP contribution in [0.1, 0.15) is 39.2 Å². The number of anilines is 1. The molecule has 0 radical (unpaired) electrons. The number of alkyl halides is 1. The standard InChI is InChI=1S/C15H23BrN2/c1-15(2,3)13-6-7-14(17-10-13)18-8-4-5-12(9-16)11-18/h6-7,10,12H,4-5,8-9,11H2,1-3H3. The highest BCUT2D eigenvalue weighted by molar-refractivity contribution is 9.09. The minimum absolute atomic E-state index is 0.186. The van der Waals surface area contributed by atoms with Crippen LogP contribution < -0.4 is 4.90 Å². The number of hydrogen-bond acceptors (Lipinski definition) is 2. The third-order valence-corrected chi connectivity index (χ3v) is 4.59. The van der Waals surface area contributed by atoms with E-state index >= 15 is 0 Å². The van der Waals surface area contributed by atoms with E-state index in [4.69, 9.17) is 0 Å². The average Bonchev–Trinajstić information content (AvgIpc) is 2.38. The topological polar surface area (TPSA) is 16.1 Å². The number of rotatable bonds is 2. The van der Waals surface area contributed by atoms with Crippen LogP contribution >= 0.6 is 15.9 Å². The van der Waals surface area contributed by atoms with Crippen LogP contribution in [0.2, 0.25) is 0 Å². The molecule has 2 heterocycles. The summed E-state index contributed by atoms with van der Waals surface area (Å²) >= 11 is 3.60. The maximum Gasteiger partial charge on any atom is 0.128 e. The molecule has 100 valence electrons. The van der Waals surface area contributed by atoms with Crippen molar-refractivity contribution in [3.05, 3.63) is 23.9 Å². The van der Waals surface area contributed by atoms with Crippen molar-refractivity contribution in [2.75, 3.05) is 23.3 Å². The summed E-state index contributed by atoms with van der Waals surface area (Å²) in [5.74, 6) is 1.90. The van der Waals surface area contributed by atoms with Gasteiger partial charge in [0, 0.05) is 24.6 Å². The van der Waals surface area contributed by atoms with Gasteiger partial charge < -0.3 is 4.90 Å². The highest BCUT2D eigenvalue weighted by atomic mass is 79.9. The molecular formula is C15H23BrN2. The van der Waals surface area contributed by atoms with E-state index < -0.39 is 0 Å². The lowest BCUT2D eigenvalue weighted by molar-refractivity contribution is 0.452. The summed E-state index contributed by atoms with van der Waals surface area (Å²) in [4.78, 5) is 7.07. The van der Waals surface area contributed by atoms with E-state index in [1.807, 2.05) is 6.20 Å². The van der Waals surface area contributed by atoms with Crippen LogP contribution in [0.15, 0.2) is 18.3 Å². The predicted molar refractivity (Wildman–Crippen MR) is 81.7 cm³/mol. The highest BCUT2D eigenvalue weighted by Crippen LogP contribution is 2.26. The number of halogens is 1. The minimum atomic E-state index is 0.186. The van der Waals surface area contributed by atoms with Gasteiger partial charge in [0.1, 0.15) is 5.82 Å². The summed E-state index contributed by atoms with van der Waals surface area (Å²) in [6.45, 7) is 8.96. The molecule has 0 bridgehead atoms. The van der Waals surface area contributed by atoms with E-state index in [0.717, 1.165) is 30.2 Å². The van der Waals surface area contributed by atoms with Gasteiger partial charge in [-0.3, -0.25) is 0 Å². The van der Waals surface area contributed by atoms with Gasteiger partial charge in [0.15, 0.2) is 0 Å². The molecule has 0 N–H and O–H groups in total. The number of piperidine rings is 1.